The highest BCUT2D eigenvalue weighted by molar-refractivity contribution is 6.30. The zero-order valence-corrected chi connectivity index (χ0v) is 13.1. The molecule has 3 nitrogen and oxygen atoms in total. The summed E-state index contributed by atoms with van der Waals surface area (Å²) in [6, 6.07) is 13.9. The number of methoxy groups -OCH3 is 2. The van der Waals surface area contributed by atoms with E-state index >= 15 is 0 Å². The molecule has 112 valence electrons. The molecular weight excluding hydrogens is 286 g/mol. The molecule has 0 unspecified atom stereocenters. The molecule has 0 radical (unpaired) electrons. The first-order chi connectivity index (χ1) is 10.2. The van der Waals surface area contributed by atoms with Gasteiger partial charge in [0.25, 0.3) is 0 Å². The fourth-order valence-corrected chi connectivity index (χ4v) is 2.44. The van der Waals surface area contributed by atoms with Crippen LogP contribution in [0, 0.1) is 0 Å². The number of halogens is 1. The topological polar surface area (TPSA) is 30.5 Å². The van der Waals surface area contributed by atoms with E-state index in [1.54, 1.807) is 14.2 Å². The maximum Gasteiger partial charge on any atom is 0.123 e. The Morgan fingerprint density at radius 1 is 0.952 bits per heavy atom. The Kier molecular flexibility index (Phi) is 6.05. The van der Waals surface area contributed by atoms with Crippen LogP contribution >= 0.6 is 11.6 Å². The van der Waals surface area contributed by atoms with Gasteiger partial charge in [0, 0.05) is 30.8 Å². The zero-order chi connectivity index (χ0) is 15.1. The standard InChI is InChI=1S/C17H20ClNO2/c1-20-12-14-6-4-3-5-13(14)10-19-11-15-9-16(18)7-8-17(15)21-2/h3-9,19H,10-12H2,1-2H3. The van der Waals surface area contributed by atoms with E-state index in [1.165, 1.54) is 11.1 Å². The van der Waals surface area contributed by atoms with E-state index in [0.29, 0.717) is 18.2 Å². The first kappa shape index (κ1) is 15.8. The van der Waals surface area contributed by atoms with Gasteiger partial charge in [0.1, 0.15) is 5.75 Å². The Morgan fingerprint density at radius 2 is 1.67 bits per heavy atom. The Labute approximate surface area is 130 Å². The number of ether oxygens (including phenoxy) is 2. The van der Waals surface area contributed by atoms with E-state index in [0.717, 1.165) is 17.9 Å². The second-order valence-electron chi connectivity index (χ2n) is 4.76. The quantitative estimate of drug-likeness (QED) is 0.844. The minimum atomic E-state index is 0.623. The summed E-state index contributed by atoms with van der Waals surface area (Å²) >= 11 is 6.04. The lowest BCUT2D eigenvalue weighted by Crippen LogP contribution is -2.14. The van der Waals surface area contributed by atoms with E-state index in [2.05, 4.69) is 17.4 Å². The Balaban J connectivity index is 2.00. The lowest BCUT2D eigenvalue weighted by atomic mass is 10.1. The van der Waals surface area contributed by atoms with Crippen LogP contribution in [0.15, 0.2) is 42.5 Å². The summed E-state index contributed by atoms with van der Waals surface area (Å²) in [7, 11) is 3.38. The second-order valence-corrected chi connectivity index (χ2v) is 5.20. The molecule has 0 aromatic heterocycles. The van der Waals surface area contributed by atoms with Gasteiger partial charge in [-0.3, -0.25) is 0 Å². The van der Waals surface area contributed by atoms with Crippen molar-refractivity contribution >= 4 is 11.6 Å². The van der Waals surface area contributed by atoms with Crippen LogP contribution in [0.2, 0.25) is 5.02 Å². The predicted molar refractivity (Wildman–Crippen MR) is 85.7 cm³/mol. The first-order valence-electron chi connectivity index (χ1n) is 6.83. The summed E-state index contributed by atoms with van der Waals surface area (Å²) < 4.78 is 10.6. The van der Waals surface area contributed by atoms with E-state index in [4.69, 9.17) is 21.1 Å². The van der Waals surface area contributed by atoms with Gasteiger partial charge in [-0.1, -0.05) is 35.9 Å². The normalized spacial score (nSPS) is 10.6. The van der Waals surface area contributed by atoms with Gasteiger partial charge >= 0.3 is 0 Å². The summed E-state index contributed by atoms with van der Waals surface area (Å²) in [5, 5.41) is 4.14. The van der Waals surface area contributed by atoms with Crippen LogP contribution in [-0.4, -0.2) is 14.2 Å². The van der Waals surface area contributed by atoms with Crippen molar-refractivity contribution in [2.45, 2.75) is 19.7 Å². The molecular formula is C17H20ClNO2. The average Bonchev–Trinajstić information content (AvgIpc) is 2.49. The van der Waals surface area contributed by atoms with Crippen LogP contribution in [0.5, 0.6) is 5.75 Å². The predicted octanol–water partition coefficient (Wildman–Crippen LogP) is 3.78. The van der Waals surface area contributed by atoms with Crippen LogP contribution in [0.3, 0.4) is 0 Å². The van der Waals surface area contributed by atoms with E-state index in [9.17, 15) is 0 Å². The molecule has 0 atom stereocenters. The maximum atomic E-state index is 6.04. The molecule has 0 amide bonds. The van der Waals surface area contributed by atoms with Gasteiger partial charge in [0.2, 0.25) is 0 Å². The van der Waals surface area contributed by atoms with Gasteiger partial charge in [0.15, 0.2) is 0 Å². The molecule has 0 heterocycles. The van der Waals surface area contributed by atoms with E-state index in [-0.39, 0.29) is 0 Å². The SMILES string of the molecule is COCc1ccccc1CNCc1cc(Cl)ccc1OC. The molecule has 0 saturated carbocycles. The summed E-state index contributed by atoms with van der Waals surface area (Å²) in [5.41, 5.74) is 3.49. The molecule has 21 heavy (non-hydrogen) atoms. The molecule has 2 aromatic rings. The number of hydrogen-bond donors (Lipinski definition) is 1. The van der Waals surface area contributed by atoms with Crippen molar-refractivity contribution in [1.82, 2.24) is 5.32 Å². The van der Waals surface area contributed by atoms with Gasteiger partial charge < -0.3 is 14.8 Å². The average molecular weight is 306 g/mol. The molecule has 0 aliphatic carbocycles. The first-order valence-corrected chi connectivity index (χ1v) is 7.21. The van der Waals surface area contributed by atoms with Gasteiger partial charge in [0.05, 0.1) is 13.7 Å². The number of nitrogens with one attached hydrogen (secondary N) is 1. The highest BCUT2D eigenvalue weighted by atomic mass is 35.5. The monoisotopic (exact) mass is 305 g/mol. The lowest BCUT2D eigenvalue weighted by molar-refractivity contribution is 0.184. The van der Waals surface area contributed by atoms with Crippen LogP contribution in [0.1, 0.15) is 16.7 Å². The third kappa shape index (κ3) is 4.46. The van der Waals surface area contributed by atoms with Crippen molar-refractivity contribution < 1.29 is 9.47 Å². The summed E-state index contributed by atoms with van der Waals surface area (Å²) in [6.07, 6.45) is 0. The maximum absolute atomic E-state index is 6.04. The van der Waals surface area contributed by atoms with Crippen LogP contribution in [0.4, 0.5) is 0 Å². The number of benzene rings is 2. The van der Waals surface area contributed by atoms with Gasteiger partial charge in [-0.05, 0) is 29.3 Å². The fraction of sp³-hybridized carbons (Fsp3) is 0.294. The van der Waals surface area contributed by atoms with Crippen LogP contribution in [-0.2, 0) is 24.4 Å². The van der Waals surface area contributed by atoms with E-state index < -0.39 is 0 Å². The molecule has 0 fully saturated rings. The van der Waals surface area contributed by atoms with Crippen molar-refractivity contribution in [3.63, 3.8) is 0 Å². The Hall–Kier alpha value is -1.55. The Bertz CT molecular complexity index is 587. The minimum absolute atomic E-state index is 0.623. The van der Waals surface area contributed by atoms with Crippen molar-refractivity contribution in [3.8, 4) is 5.75 Å². The highest BCUT2D eigenvalue weighted by Gasteiger charge is 2.05. The third-order valence-electron chi connectivity index (χ3n) is 3.29. The van der Waals surface area contributed by atoms with Crippen molar-refractivity contribution in [3.05, 3.63) is 64.2 Å². The van der Waals surface area contributed by atoms with E-state index in [1.807, 2.05) is 30.3 Å². The third-order valence-corrected chi connectivity index (χ3v) is 3.53. The molecule has 0 saturated heterocycles. The van der Waals surface area contributed by atoms with Gasteiger partial charge in [-0.2, -0.15) is 0 Å². The fourth-order valence-electron chi connectivity index (χ4n) is 2.24. The van der Waals surface area contributed by atoms with Gasteiger partial charge in [-0.15, -0.1) is 0 Å². The molecule has 0 spiro atoms. The number of hydrogen-bond acceptors (Lipinski definition) is 3. The number of rotatable bonds is 7. The molecule has 1 N–H and O–H groups in total. The highest BCUT2D eigenvalue weighted by Crippen LogP contribution is 2.22. The Morgan fingerprint density at radius 3 is 2.38 bits per heavy atom. The lowest BCUT2D eigenvalue weighted by Gasteiger charge is -2.12. The summed E-state index contributed by atoms with van der Waals surface area (Å²) in [6.45, 7) is 2.10. The molecule has 2 aromatic carbocycles. The second kappa shape index (κ2) is 8.03. The van der Waals surface area contributed by atoms with Crippen molar-refractivity contribution in [2.24, 2.45) is 0 Å². The molecule has 2 rings (SSSR count). The van der Waals surface area contributed by atoms with Crippen LogP contribution in [0.25, 0.3) is 0 Å². The molecule has 0 aliphatic heterocycles. The zero-order valence-electron chi connectivity index (χ0n) is 12.4. The molecule has 4 heteroatoms. The van der Waals surface area contributed by atoms with Crippen molar-refractivity contribution in [2.75, 3.05) is 14.2 Å². The van der Waals surface area contributed by atoms with Crippen LogP contribution < -0.4 is 10.1 Å². The van der Waals surface area contributed by atoms with Crippen molar-refractivity contribution in [1.29, 1.82) is 0 Å². The summed E-state index contributed by atoms with van der Waals surface area (Å²) in [5.74, 6) is 0.845. The molecule has 0 bridgehead atoms. The summed E-state index contributed by atoms with van der Waals surface area (Å²) in [4.78, 5) is 0. The van der Waals surface area contributed by atoms with Gasteiger partial charge in [-0.25, -0.2) is 0 Å². The smallest absolute Gasteiger partial charge is 0.123 e. The largest absolute Gasteiger partial charge is 0.496 e. The minimum Gasteiger partial charge on any atom is -0.496 e. The molecule has 0 aliphatic rings.